The fourth-order valence-electron chi connectivity index (χ4n) is 2.78. The summed E-state index contributed by atoms with van der Waals surface area (Å²) in [6.07, 6.45) is 0. The van der Waals surface area contributed by atoms with E-state index in [1.807, 2.05) is 46.0 Å². The van der Waals surface area contributed by atoms with Gasteiger partial charge < -0.3 is 10.6 Å². The van der Waals surface area contributed by atoms with E-state index in [-0.39, 0.29) is 5.91 Å². The number of H-pyrrole nitrogens is 1. The predicted octanol–water partition coefficient (Wildman–Crippen LogP) is 2.22. The standard InChI is InChI=1S/C15H18N4O/c1-8-12(16)13(18-17-8)9-5-6-11-10(7-9)15(2,3)14(20)19(11)4/h5-7H,16H2,1-4H3,(H,17,18). The summed E-state index contributed by atoms with van der Waals surface area (Å²) < 4.78 is 0. The minimum Gasteiger partial charge on any atom is -0.395 e. The molecule has 3 N–H and O–H groups in total. The molecule has 0 radical (unpaired) electrons. The van der Waals surface area contributed by atoms with E-state index in [1.165, 1.54) is 0 Å². The summed E-state index contributed by atoms with van der Waals surface area (Å²) in [6.45, 7) is 5.78. The first-order valence-corrected chi connectivity index (χ1v) is 6.57. The van der Waals surface area contributed by atoms with E-state index in [0.29, 0.717) is 5.69 Å². The van der Waals surface area contributed by atoms with Gasteiger partial charge in [-0.05, 0) is 38.5 Å². The van der Waals surface area contributed by atoms with Crippen molar-refractivity contribution in [3.63, 3.8) is 0 Å². The average molecular weight is 270 g/mol. The van der Waals surface area contributed by atoms with Crippen LogP contribution in [-0.4, -0.2) is 23.2 Å². The number of nitrogens with zero attached hydrogens (tertiary/aromatic N) is 2. The minimum atomic E-state index is -0.514. The number of hydrogen-bond acceptors (Lipinski definition) is 3. The molecule has 0 atom stereocenters. The van der Waals surface area contributed by atoms with Crippen LogP contribution in [0.3, 0.4) is 0 Å². The van der Waals surface area contributed by atoms with Gasteiger partial charge in [0, 0.05) is 18.3 Å². The second kappa shape index (κ2) is 3.85. The number of carbonyl (C=O) groups is 1. The highest BCUT2D eigenvalue weighted by Gasteiger charge is 2.42. The molecule has 5 nitrogen and oxygen atoms in total. The molecule has 0 spiro atoms. The fraction of sp³-hybridized carbons (Fsp3) is 0.333. The molecule has 104 valence electrons. The summed E-state index contributed by atoms with van der Waals surface area (Å²) >= 11 is 0. The van der Waals surface area contributed by atoms with Crippen LogP contribution in [0.5, 0.6) is 0 Å². The summed E-state index contributed by atoms with van der Waals surface area (Å²) in [7, 11) is 1.81. The van der Waals surface area contributed by atoms with Crippen LogP contribution in [0, 0.1) is 6.92 Å². The van der Waals surface area contributed by atoms with E-state index >= 15 is 0 Å². The number of carbonyl (C=O) groups excluding carboxylic acids is 1. The van der Waals surface area contributed by atoms with E-state index < -0.39 is 5.41 Å². The van der Waals surface area contributed by atoms with Gasteiger partial charge in [0.05, 0.1) is 16.8 Å². The maximum Gasteiger partial charge on any atom is 0.236 e. The zero-order chi connectivity index (χ0) is 14.7. The Morgan fingerprint density at radius 1 is 1.35 bits per heavy atom. The molecule has 1 aromatic carbocycles. The lowest BCUT2D eigenvalue weighted by Gasteiger charge is -2.16. The molecule has 0 saturated heterocycles. The smallest absolute Gasteiger partial charge is 0.236 e. The molecule has 3 rings (SSSR count). The highest BCUT2D eigenvalue weighted by Crippen LogP contribution is 2.42. The summed E-state index contributed by atoms with van der Waals surface area (Å²) in [5, 5.41) is 7.14. The molecule has 1 amide bonds. The second-order valence-corrected chi connectivity index (χ2v) is 5.83. The lowest BCUT2D eigenvalue weighted by Crippen LogP contribution is -2.33. The highest BCUT2D eigenvalue weighted by molar-refractivity contribution is 6.07. The molecule has 1 aliphatic heterocycles. The molecular weight excluding hydrogens is 252 g/mol. The molecule has 20 heavy (non-hydrogen) atoms. The predicted molar refractivity (Wildman–Crippen MR) is 79.6 cm³/mol. The molecule has 0 saturated carbocycles. The van der Waals surface area contributed by atoms with E-state index in [9.17, 15) is 4.79 Å². The Bertz CT molecular complexity index is 715. The first-order valence-electron chi connectivity index (χ1n) is 6.57. The quantitative estimate of drug-likeness (QED) is 0.834. The van der Waals surface area contributed by atoms with E-state index in [2.05, 4.69) is 10.2 Å². The van der Waals surface area contributed by atoms with Gasteiger partial charge >= 0.3 is 0 Å². The number of aromatic amines is 1. The number of nitrogen functional groups attached to an aromatic ring is 1. The Hall–Kier alpha value is -2.30. The van der Waals surface area contributed by atoms with Crippen molar-refractivity contribution in [2.75, 3.05) is 17.7 Å². The zero-order valence-corrected chi connectivity index (χ0v) is 12.1. The number of benzene rings is 1. The summed E-state index contributed by atoms with van der Waals surface area (Å²) in [4.78, 5) is 14.0. The number of nitrogens with one attached hydrogen (secondary N) is 1. The molecule has 1 aliphatic rings. The first kappa shape index (κ1) is 12.7. The van der Waals surface area contributed by atoms with Crippen LogP contribution in [0.4, 0.5) is 11.4 Å². The van der Waals surface area contributed by atoms with Crippen LogP contribution >= 0.6 is 0 Å². The second-order valence-electron chi connectivity index (χ2n) is 5.83. The SMILES string of the molecule is Cc1[nH]nc(-c2ccc3c(c2)C(C)(C)C(=O)N3C)c1N. The maximum atomic E-state index is 12.3. The molecule has 0 bridgehead atoms. The molecule has 1 aromatic heterocycles. The third-order valence-electron chi connectivity index (χ3n) is 4.14. The van der Waals surface area contributed by atoms with Crippen LogP contribution in [0.25, 0.3) is 11.3 Å². The largest absolute Gasteiger partial charge is 0.395 e. The topological polar surface area (TPSA) is 75.0 Å². The van der Waals surface area contributed by atoms with E-state index in [4.69, 9.17) is 5.73 Å². The lowest BCUT2D eigenvalue weighted by atomic mass is 9.85. The molecule has 2 aromatic rings. The third kappa shape index (κ3) is 1.49. The van der Waals surface area contributed by atoms with Crippen molar-refractivity contribution in [2.45, 2.75) is 26.2 Å². The number of aromatic nitrogens is 2. The molecule has 0 unspecified atom stereocenters. The van der Waals surface area contributed by atoms with Gasteiger partial charge in [-0.1, -0.05) is 6.07 Å². The van der Waals surface area contributed by atoms with Gasteiger partial charge in [0.2, 0.25) is 5.91 Å². The number of rotatable bonds is 1. The Morgan fingerprint density at radius 3 is 2.65 bits per heavy atom. The Balaban J connectivity index is 2.19. The van der Waals surface area contributed by atoms with Crippen molar-refractivity contribution in [2.24, 2.45) is 0 Å². The van der Waals surface area contributed by atoms with Gasteiger partial charge in [-0.15, -0.1) is 0 Å². The average Bonchev–Trinajstić information content (AvgIpc) is 2.83. The number of aryl methyl sites for hydroxylation is 1. The lowest BCUT2D eigenvalue weighted by molar-refractivity contribution is -0.121. The van der Waals surface area contributed by atoms with Gasteiger partial charge in [0.1, 0.15) is 5.69 Å². The minimum absolute atomic E-state index is 0.107. The Morgan fingerprint density at radius 2 is 2.05 bits per heavy atom. The maximum absolute atomic E-state index is 12.3. The number of likely N-dealkylation sites (N-methyl/N-ethyl adjacent to an activating group) is 1. The van der Waals surface area contributed by atoms with Crippen LogP contribution in [0.1, 0.15) is 25.1 Å². The van der Waals surface area contributed by atoms with Crippen LogP contribution in [0.2, 0.25) is 0 Å². The number of fused-ring (bicyclic) bond motifs is 1. The molecule has 2 heterocycles. The summed E-state index contributed by atoms with van der Waals surface area (Å²) in [5.74, 6) is 0.107. The molecule has 0 aliphatic carbocycles. The molecule has 0 fully saturated rings. The van der Waals surface area contributed by atoms with Crippen molar-refractivity contribution >= 4 is 17.3 Å². The number of hydrogen-bond donors (Lipinski definition) is 2. The van der Waals surface area contributed by atoms with Crippen molar-refractivity contribution < 1.29 is 4.79 Å². The van der Waals surface area contributed by atoms with Gasteiger partial charge in [-0.2, -0.15) is 5.10 Å². The van der Waals surface area contributed by atoms with Crippen LogP contribution < -0.4 is 10.6 Å². The normalized spacial score (nSPS) is 16.6. The van der Waals surface area contributed by atoms with Gasteiger partial charge in [0.25, 0.3) is 0 Å². The van der Waals surface area contributed by atoms with Crippen LogP contribution in [0.15, 0.2) is 18.2 Å². The van der Waals surface area contributed by atoms with Crippen molar-refractivity contribution in [1.29, 1.82) is 0 Å². The van der Waals surface area contributed by atoms with Crippen LogP contribution in [-0.2, 0) is 10.2 Å². The summed E-state index contributed by atoms with van der Waals surface area (Å²) in [5.41, 5.74) is 10.7. The number of nitrogens with two attached hydrogens (primary N) is 1. The Kier molecular flexibility index (Phi) is 2.45. The first-order chi connectivity index (χ1) is 9.34. The Labute approximate surface area is 117 Å². The highest BCUT2D eigenvalue weighted by atomic mass is 16.2. The zero-order valence-electron chi connectivity index (χ0n) is 12.1. The number of amides is 1. The van der Waals surface area contributed by atoms with Crippen molar-refractivity contribution in [1.82, 2.24) is 10.2 Å². The third-order valence-corrected chi connectivity index (χ3v) is 4.14. The van der Waals surface area contributed by atoms with Gasteiger partial charge in [-0.25, -0.2) is 0 Å². The van der Waals surface area contributed by atoms with E-state index in [0.717, 1.165) is 28.2 Å². The summed E-state index contributed by atoms with van der Waals surface area (Å²) in [6, 6.07) is 5.93. The number of anilines is 2. The molecular formula is C15H18N4O. The monoisotopic (exact) mass is 270 g/mol. The van der Waals surface area contributed by atoms with Gasteiger partial charge in [0.15, 0.2) is 0 Å². The van der Waals surface area contributed by atoms with E-state index in [1.54, 1.807) is 4.90 Å². The molecule has 5 heteroatoms. The van der Waals surface area contributed by atoms with Crippen molar-refractivity contribution in [3.8, 4) is 11.3 Å². The van der Waals surface area contributed by atoms with Crippen molar-refractivity contribution in [3.05, 3.63) is 29.5 Å². The van der Waals surface area contributed by atoms with Gasteiger partial charge in [-0.3, -0.25) is 9.89 Å². The fourth-order valence-corrected chi connectivity index (χ4v) is 2.78.